The summed E-state index contributed by atoms with van der Waals surface area (Å²) in [4.78, 5) is 23.9. The van der Waals surface area contributed by atoms with Crippen LogP contribution in [0.3, 0.4) is 0 Å². The number of amides is 1. The summed E-state index contributed by atoms with van der Waals surface area (Å²) in [6.07, 6.45) is 1.56. The van der Waals surface area contributed by atoms with Crippen LogP contribution in [0.1, 0.15) is 6.92 Å². The Morgan fingerprint density at radius 2 is 2.00 bits per heavy atom. The Kier molecular flexibility index (Phi) is 6.90. The molecule has 3 rings (SSSR count). The van der Waals surface area contributed by atoms with Crippen LogP contribution in [0.25, 0.3) is 11.6 Å². The number of benzene rings is 1. The Morgan fingerprint density at radius 1 is 1.21 bits per heavy atom. The lowest BCUT2D eigenvalue weighted by Gasteiger charge is -2.08. The van der Waals surface area contributed by atoms with Crippen molar-refractivity contribution in [3.05, 3.63) is 42.7 Å². The number of hydrogen-bond acceptors (Lipinski definition) is 8. The minimum atomic E-state index is -0.523. The Labute approximate surface area is 171 Å². The maximum absolute atomic E-state index is 12.0. The number of methoxy groups -OCH3 is 1. The zero-order chi connectivity index (χ0) is 20.6. The van der Waals surface area contributed by atoms with E-state index in [0.717, 1.165) is 0 Å². The first-order chi connectivity index (χ1) is 14.1. The fourth-order valence-electron chi connectivity index (χ4n) is 2.45. The van der Waals surface area contributed by atoms with Crippen LogP contribution < -0.4 is 10.1 Å². The van der Waals surface area contributed by atoms with Crippen LogP contribution in [-0.4, -0.2) is 46.1 Å². The number of thioether (sulfide) groups is 1. The second-order valence-corrected chi connectivity index (χ2v) is 6.70. The lowest BCUT2D eigenvalue weighted by molar-refractivity contribution is -0.144. The van der Waals surface area contributed by atoms with E-state index in [1.54, 1.807) is 49.8 Å². The molecule has 29 heavy (non-hydrogen) atoms. The van der Waals surface area contributed by atoms with E-state index in [1.165, 1.54) is 11.8 Å². The number of rotatable bonds is 9. The minimum absolute atomic E-state index is 0.00606. The van der Waals surface area contributed by atoms with E-state index in [1.807, 2.05) is 11.5 Å². The van der Waals surface area contributed by atoms with Crippen LogP contribution in [0.5, 0.6) is 5.75 Å². The van der Waals surface area contributed by atoms with Gasteiger partial charge in [-0.25, -0.2) is 0 Å². The predicted molar refractivity (Wildman–Crippen MR) is 107 cm³/mol. The summed E-state index contributed by atoms with van der Waals surface area (Å²) >= 11 is 1.19. The maximum Gasteiger partial charge on any atom is 0.316 e. The minimum Gasteiger partial charge on any atom is -0.497 e. The van der Waals surface area contributed by atoms with Crippen molar-refractivity contribution in [3.8, 4) is 17.3 Å². The number of carbonyl (C=O) groups is 2. The number of carbonyl (C=O) groups excluding carboxylic acids is 2. The Balaban J connectivity index is 1.47. The van der Waals surface area contributed by atoms with Gasteiger partial charge in [-0.1, -0.05) is 11.8 Å². The first-order valence-electron chi connectivity index (χ1n) is 8.80. The predicted octanol–water partition coefficient (Wildman–Crippen LogP) is 2.84. The molecule has 1 N–H and O–H groups in total. The Morgan fingerprint density at radius 3 is 2.66 bits per heavy atom. The molecule has 0 aliphatic rings. The number of esters is 1. The molecule has 0 radical (unpaired) electrons. The summed E-state index contributed by atoms with van der Waals surface area (Å²) in [5, 5.41) is 11.4. The zero-order valence-electron chi connectivity index (χ0n) is 16.0. The highest BCUT2D eigenvalue weighted by Gasteiger charge is 2.17. The number of nitrogens with one attached hydrogen (secondary N) is 1. The van der Waals surface area contributed by atoms with Crippen LogP contribution in [0.4, 0.5) is 5.69 Å². The smallest absolute Gasteiger partial charge is 0.316 e. The molecule has 3 aromatic rings. The van der Waals surface area contributed by atoms with Gasteiger partial charge in [-0.2, -0.15) is 0 Å². The number of furan rings is 1. The van der Waals surface area contributed by atoms with Crippen molar-refractivity contribution >= 4 is 29.3 Å². The van der Waals surface area contributed by atoms with Gasteiger partial charge in [0.1, 0.15) is 5.75 Å². The first kappa shape index (κ1) is 20.5. The number of hydrogen-bond donors (Lipinski definition) is 1. The second-order valence-electron chi connectivity index (χ2n) is 5.75. The Bertz CT molecular complexity index is 954. The van der Waals surface area contributed by atoms with Crippen LogP contribution in [0.15, 0.2) is 52.2 Å². The summed E-state index contributed by atoms with van der Waals surface area (Å²) in [6.45, 7) is 2.19. The molecular weight excluding hydrogens is 396 g/mol. The van der Waals surface area contributed by atoms with Gasteiger partial charge in [0, 0.05) is 12.2 Å². The second kappa shape index (κ2) is 9.78. The molecule has 0 saturated heterocycles. The summed E-state index contributed by atoms with van der Waals surface area (Å²) < 4.78 is 17.3. The van der Waals surface area contributed by atoms with Crippen molar-refractivity contribution < 1.29 is 23.5 Å². The molecule has 9 nitrogen and oxygen atoms in total. The largest absolute Gasteiger partial charge is 0.497 e. The molecule has 10 heteroatoms. The van der Waals surface area contributed by atoms with Gasteiger partial charge in [0.15, 0.2) is 23.3 Å². The van der Waals surface area contributed by atoms with Crippen LogP contribution in [0, 0.1) is 0 Å². The molecular formula is C19H20N4O5S. The number of ether oxygens (including phenoxy) is 2. The zero-order valence-corrected chi connectivity index (χ0v) is 16.8. The van der Waals surface area contributed by atoms with Crippen LogP contribution in [-0.2, 0) is 20.9 Å². The van der Waals surface area contributed by atoms with Gasteiger partial charge in [-0.15, -0.1) is 10.2 Å². The van der Waals surface area contributed by atoms with Crippen molar-refractivity contribution in [2.24, 2.45) is 0 Å². The van der Waals surface area contributed by atoms with Gasteiger partial charge in [-0.3, -0.25) is 14.2 Å². The normalized spacial score (nSPS) is 10.6. The molecule has 1 aromatic carbocycles. The van der Waals surface area contributed by atoms with E-state index in [9.17, 15) is 9.59 Å². The van der Waals surface area contributed by atoms with Gasteiger partial charge in [0.2, 0.25) is 0 Å². The van der Waals surface area contributed by atoms with E-state index in [-0.39, 0.29) is 12.4 Å². The van der Waals surface area contributed by atoms with Crippen molar-refractivity contribution in [3.63, 3.8) is 0 Å². The molecule has 0 atom stereocenters. The standard InChI is InChI=1S/C19H20N4O5S/c1-3-23-18(15-5-4-10-27-15)21-22-19(23)29-12-17(25)28-11-16(24)20-13-6-8-14(26-2)9-7-13/h4-10H,3,11-12H2,1-2H3,(H,20,24). The van der Waals surface area contributed by atoms with Crippen molar-refractivity contribution in [1.82, 2.24) is 14.8 Å². The van der Waals surface area contributed by atoms with Crippen LogP contribution >= 0.6 is 11.8 Å². The monoisotopic (exact) mass is 416 g/mol. The highest BCUT2D eigenvalue weighted by molar-refractivity contribution is 7.99. The van der Waals surface area contributed by atoms with Crippen molar-refractivity contribution in [2.75, 3.05) is 24.8 Å². The van der Waals surface area contributed by atoms with E-state index < -0.39 is 11.9 Å². The van der Waals surface area contributed by atoms with E-state index in [4.69, 9.17) is 13.9 Å². The average Bonchev–Trinajstić information content (AvgIpc) is 3.40. The molecule has 152 valence electrons. The van der Waals surface area contributed by atoms with E-state index >= 15 is 0 Å². The van der Waals surface area contributed by atoms with Gasteiger partial charge >= 0.3 is 5.97 Å². The molecule has 0 spiro atoms. The van der Waals surface area contributed by atoms with Crippen molar-refractivity contribution in [1.29, 1.82) is 0 Å². The summed E-state index contributed by atoms with van der Waals surface area (Å²) in [6, 6.07) is 10.4. The molecule has 2 heterocycles. The van der Waals surface area contributed by atoms with Crippen LogP contribution in [0.2, 0.25) is 0 Å². The molecule has 0 fully saturated rings. The Hall–Kier alpha value is -3.27. The van der Waals surface area contributed by atoms with E-state index in [2.05, 4.69) is 15.5 Å². The summed E-state index contributed by atoms with van der Waals surface area (Å²) in [5.41, 5.74) is 0.586. The third-order valence-corrected chi connectivity index (χ3v) is 4.77. The van der Waals surface area contributed by atoms with Gasteiger partial charge < -0.3 is 19.2 Å². The van der Waals surface area contributed by atoms with Gasteiger partial charge in [0.05, 0.1) is 19.1 Å². The fraction of sp³-hybridized carbons (Fsp3) is 0.263. The summed E-state index contributed by atoms with van der Waals surface area (Å²) in [7, 11) is 1.56. The molecule has 0 saturated carbocycles. The highest BCUT2D eigenvalue weighted by atomic mass is 32.2. The molecule has 0 aliphatic heterocycles. The highest BCUT2D eigenvalue weighted by Crippen LogP contribution is 2.24. The van der Waals surface area contributed by atoms with Gasteiger partial charge in [0.25, 0.3) is 5.91 Å². The summed E-state index contributed by atoms with van der Waals surface area (Å²) in [5.74, 6) is 0.930. The number of nitrogens with zero attached hydrogens (tertiary/aromatic N) is 3. The first-order valence-corrected chi connectivity index (χ1v) is 9.78. The third-order valence-electron chi connectivity index (χ3n) is 3.83. The van der Waals surface area contributed by atoms with Crippen molar-refractivity contribution in [2.45, 2.75) is 18.6 Å². The molecule has 0 unspecified atom stereocenters. The SMILES string of the molecule is CCn1c(SCC(=O)OCC(=O)Nc2ccc(OC)cc2)nnc1-c1ccco1. The lowest BCUT2D eigenvalue weighted by atomic mass is 10.3. The quantitative estimate of drug-likeness (QED) is 0.419. The molecule has 0 bridgehead atoms. The molecule has 1 amide bonds. The van der Waals surface area contributed by atoms with E-state index in [0.29, 0.717) is 34.7 Å². The van der Waals surface area contributed by atoms with Gasteiger partial charge in [-0.05, 0) is 43.3 Å². The number of anilines is 1. The number of aromatic nitrogens is 3. The lowest BCUT2D eigenvalue weighted by Crippen LogP contribution is -2.21. The molecule has 0 aliphatic carbocycles. The topological polar surface area (TPSA) is 108 Å². The fourth-order valence-corrected chi connectivity index (χ4v) is 3.25. The molecule has 2 aromatic heterocycles. The maximum atomic E-state index is 12.0. The average molecular weight is 416 g/mol. The third kappa shape index (κ3) is 5.38.